The lowest BCUT2D eigenvalue weighted by Crippen LogP contribution is -2.51. The molecule has 1 heterocycles. The number of rotatable bonds is 5. The minimum absolute atomic E-state index is 0.0153. The van der Waals surface area contributed by atoms with Gasteiger partial charge in [-0.15, -0.1) is 0 Å². The monoisotopic (exact) mass is 398 g/mol. The van der Waals surface area contributed by atoms with Gasteiger partial charge < -0.3 is 20.9 Å². The summed E-state index contributed by atoms with van der Waals surface area (Å²) in [6.45, 7) is 1.98. The minimum Gasteiger partial charge on any atom is -0.352 e. The number of amides is 4. The van der Waals surface area contributed by atoms with Gasteiger partial charge in [-0.05, 0) is 29.3 Å². The van der Waals surface area contributed by atoms with Crippen molar-refractivity contribution in [2.45, 2.75) is 13.0 Å². The molecule has 1 saturated heterocycles. The second-order valence-electron chi connectivity index (χ2n) is 6.86. The number of benzene rings is 2. The molecular formula is C21H23FN4O3. The molecule has 152 valence electrons. The van der Waals surface area contributed by atoms with Crippen molar-refractivity contribution in [3.05, 3.63) is 71.0 Å². The molecule has 2 aromatic carbocycles. The van der Waals surface area contributed by atoms with Gasteiger partial charge in [0.05, 0.1) is 6.42 Å². The van der Waals surface area contributed by atoms with Gasteiger partial charge in [0.2, 0.25) is 5.91 Å². The number of hydrogen-bond acceptors (Lipinski definition) is 3. The van der Waals surface area contributed by atoms with Gasteiger partial charge in [0, 0.05) is 38.3 Å². The zero-order valence-corrected chi connectivity index (χ0v) is 15.9. The van der Waals surface area contributed by atoms with Crippen LogP contribution in [0.15, 0.2) is 48.5 Å². The highest BCUT2D eigenvalue weighted by atomic mass is 19.1. The van der Waals surface area contributed by atoms with Crippen LogP contribution in [-0.2, 0) is 17.8 Å². The summed E-state index contributed by atoms with van der Waals surface area (Å²) < 4.78 is 13.7. The van der Waals surface area contributed by atoms with Crippen LogP contribution < -0.4 is 11.1 Å². The van der Waals surface area contributed by atoms with E-state index in [1.807, 2.05) is 0 Å². The number of carbonyl (C=O) groups excluding carboxylic acids is 3. The van der Waals surface area contributed by atoms with Crippen LogP contribution >= 0.6 is 0 Å². The first-order valence-electron chi connectivity index (χ1n) is 9.37. The lowest BCUT2D eigenvalue weighted by atomic mass is 10.1. The number of nitrogens with zero attached hydrogens (tertiary/aromatic N) is 2. The van der Waals surface area contributed by atoms with Crippen LogP contribution in [0.2, 0.25) is 0 Å². The van der Waals surface area contributed by atoms with E-state index < -0.39 is 6.03 Å². The highest BCUT2D eigenvalue weighted by Crippen LogP contribution is 2.13. The third-order valence-electron chi connectivity index (χ3n) is 4.89. The fraction of sp³-hybridized carbons (Fsp3) is 0.286. The van der Waals surface area contributed by atoms with E-state index >= 15 is 0 Å². The van der Waals surface area contributed by atoms with Crippen molar-refractivity contribution in [3.8, 4) is 0 Å². The highest BCUT2D eigenvalue weighted by molar-refractivity contribution is 5.94. The molecule has 2 aromatic rings. The van der Waals surface area contributed by atoms with E-state index in [1.54, 1.807) is 52.3 Å². The largest absolute Gasteiger partial charge is 0.352 e. The molecule has 1 aliphatic heterocycles. The zero-order chi connectivity index (χ0) is 20.8. The van der Waals surface area contributed by atoms with Crippen LogP contribution in [0.1, 0.15) is 21.5 Å². The predicted octanol–water partition coefficient (Wildman–Crippen LogP) is 1.52. The SMILES string of the molecule is NC(=O)NCc1ccc(C(=O)N2CCN(C(=O)Cc3ccccc3F)CC2)cc1. The molecule has 3 rings (SSSR count). The summed E-state index contributed by atoms with van der Waals surface area (Å²) in [5.41, 5.74) is 6.80. The first kappa shape index (κ1) is 20.3. The number of nitrogens with two attached hydrogens (primary N) is 1. The van der Waals surface area contributed by atoms with Gasteiger partial charge in [0.15, 0.2) is 0 Å². The van der Waals surface area contributed by atoms with Gasteiger partial charge in [-0.2, -0.15) is 0 Å². The van der Waals surface area contributed by atoms with Gasteiger partial charge in [-0.1, -0.05) is 30.3 Å². The van der Waals surface area contributed by atoms with Crippen molar-refractivity contribution in [2.75, 3.05) is 26.2 Å². The van der Waals surface area contributed by atoms with E-state index in [0.29, 0.717) is 43.9 Å². The van der Waals surface area contributed by atoms with Crippen LogP contribution in [-0.4, -0.2) is 53.8 Å². The van der Waals surface area contributed by atoms with Crippen molar-refractivity contribution in [1.82, 2.24) is 15.1 Å². The lowest BCUT2D eigenvalue weighted by Gasteiger charge is -2.35. The van der Waals surface area contributed by atoms with Crippen molar-refractivity contribution in [2.24, 2.45) is 5.73 Å². The molecular weight excluding hydrogens is 375 g/mol. The first-order valence-corrected chi connectivity index (χ1v) is 9.37. The average molecular weight is 398 g/mol. The normalized spacial score (nSPS) is 13.8. The molecule has 1 fully saturated rings. The second kappa shape index (κ2) is 9.18. The molecule has 3 N–H and O–H groups in total. The zero-order valence-electron chi connectivity index (χ0n) is 15.9. The molecule has 0 unspecified atom stereocenters. The quantitative estimate of drug-likeness (QED) is 0.799. The Bertz CT molecular complexity index is 893. The number of halogens is 1. The van der Waals surface area contributed by atoms with Crippen LogP contribution in [0.4, 0.5) is 9.18 Å². The summed E-state index contributed by atoms with van der Waals surface area (Å²) >= 11 is 0. The molecule has 0 radical (unpaired) electrons. The van der Waals surface area contributed by atoms with Crippen LogP contribution in [0.25, 0.3) is 0 Å². The predicted molar refractivity (Wildman–Crippen MR) is 105 cm³/mol. The molecule has 1 aliphatic rings. The standard InChI is InChI=1S/C21H23FN4O3/c22-18-4-2-1-3-17(18)13-19(27)25-9-11-26(12-10-25)20(28)16-7-5-15(6-8-16)14-24-21(23)29/h1-8H,9-14H2,(H3,23,24,29). The topological polar surface area (TPSA) is 95.7 Å². The Labute approximate surface area is 168 Å². The van der Waals surface area contributed by atoms with Gasteiger partial charge in [-0.3, -0.25) is 9.59 Å². The molecule has 0 spiro atoms. The molecule has 4 amide bonds. The number of nitrogens with one attached hydrogen (secondary N) is 1. The summed E-state index contributed by atoms with van der Waals surface area (Å²) in [5.74, 6) is -0.641. The van der Waals surface area contributed by atoms with Crippen LogP contribution in [0.3, 0.4) is 0 Å². The van der Waals surface area contributed by atoms with Crippen molar-refractivity contribution >= 4 is 17.8 Å². The number of piperazine rings is 1. The van der Waals surface area contributed by atoms with Crippen molar-refractivity contribution < 1.29 is 18.8 Å². The summed E-state index contributed by atoms with van der Waals surface area (Å²) in [6, 6.07) is 12.6. The maximum atomic E-state index is 13.7. The Morgan fingerprint density at radius 1 is 0.931 bits per heavy atom. The molecule has 0 saturated carbocycles. The maximum absolute atomic E-state index is 13.7. The second-order valence-corrected chi connectivity index (χ2v) is 6.86. The molecule has 8 heteroatoms. The summed E-state index contributed by atoms with van der Waals surface area (Å²) in [7, 11) is 0. The molecule has 7 nitrogen and oxygen atoms in total. The minimum atomic E-state index is -0.604. The van der Waals surface area contributed by atoms with Crippen molar-refractivity contribution in [1.29, 1.82) is 0 Å². The van der Waals surface area contributed by atoms with E-state index in [2.05, 4.69) is 5.32 Å². The Hall–Kier alpha value is -3.42. The Morgan fingerprint density at radius 3 is 2.17 bits per heavy atom. The number of hydrogen-bond donors (Lipinski definition) is 2. The molecule has 0 atom stereocenters. The van der Waals surface area contributed by atoms with Gasteiger partial charge in [-0.25, -0.2) is 9.18 Å². The Balaban J connectivity index is 1.52. The average Bonchev–Trinajstić information content (AvgIpc) is 2.74. The van der Waals surface area contributed by atoms with Crippen molar-refractivity contribution in [3.63, 3.8) is 0 Å². The van der Waals surface area contributed by atoms with Crippen LogP contribution in [0.5, 0.6) is 0 Å². The lowest BCUT2D eigenvalue weighted by molar-refractivity contribution is -0.132. The van der Waals surface area contributed by atoms with E-state index in [1.165, 1.54) is 6.07 Å². The third-order valence-corrected chi connectivity index (χ3v) is 4.89. The van der Waals surface area contributed by atoms with E-state index in [9.17, 15) is 18.8 Å². The molecule has 0 aromatic heterocycles. The smallest absolute Gasteiger partial charge is 0.312 e. The number of urea groups is 1. The fourth-order valence-electron chi connectivity index (χ4n) is 3.21. The number of carbonyl (C=O) groups is 3. The van der Waals surface area contributed by atoms with E-state index in [-0.39, 0.29) is 24.1 Å². The molecule has 29 heavy (non-hydrogen) atoms. The fourth-order valence-corrected chi connectivity index (χ4v) is 3.21. The Morgan fingerprint density at radius 2 is 1.55 bits per heavy atom. The maximum Gasteiger partial charge on any atom is 0.312 e. The van der Waals surface area contributed by atoms with E-state index in [4.69, 9.17) is 5.73 Å². The third kappa shape index (κ3) is 5.31. The molecule has 0 bridgehead atoms. The summed E-state index contributed by atoms with van der Waals surface area (Å²) in [6.07, 6.45) is 0.0153. The highest BCUT2D eigenvalue weighted by Gasteiger charge is 2.25. The summed E-state index contributed by atoms with van der Waals surface area (Å²) in [4.78, 5) is 39.2. The molecule has 0 aliphatic carbocycles. The van der Waals surface area contributed by atoms with Gasteiger partial charge in [0.25, 0.3) is 5.91 Å². The van der Waals surface area contributed by atoms with Gasteiger partial charge in [0.1, 0.15) is 5.82 Å². The first-order chi connectivity index (χ1) is 13.9. The number of primary amides is 1. The van der Waals surface area contributed by atoms with Crippen LogP contribution in [0, 0.1) is 5.82 Å². The van der Waals surface area contributed by atoms with E-state index in [0.717, 1.165) is 5.56 Å². The van der Waals surface area contributed by atoms with Gasteiger partial charge >= 0.3 is 6.03 Å². The Kier molecular flexibility index (Phi) is 6.43. The summed E-state index contributed by atoms with van der Waals surface area (Å²) in [5, 5.41) is 2.49.